The fraction of sp³-hybridized carbons (Fsp3) is 0.389. The molecule has 0 saturated carbocycles. The molecule has 0 aliphatic heterocycles. The largest absolute Gasteiger partial charge is 0.471 e. The zero-order valence-electron chi connectivity index (χ0n) is 16.1. The number of hydrogen-bond donors (Lipinski definition) is 3. The van der Waals surface area contributed by atoms with E-state index in [1.165, 1.54) is 6.07 Å². The standard InChI is InChI=1S/C18H23BrFN5O3S/c1-25(2)8-4-3-7-22-18(27)23-17-14(15(21)26)16(24-29-17)28-10-11-5-6-12(19)9-13(11)20/h5-6,9H,3-4,7-8,10H2,1-2H3,(H2,21,26)(H2,22,23,27). The second-order valence-corrected chi connectivity index (χ2v) is 8.16. The Bertz CT molecular complexity index is 862. The molecule has 0 atom stereocenters. The van der Waals surface area contributed by atoms with Crippen LogP contribution >= 0.6 is 27.5 Å². The summed E-state index contributed by atoms with van der Waals surface area (Å²) in [7, 11) is 3.97. The average Bonchev–Trinajstić information content (AvgIpc) is 3.03. The second-order valence-electron chi connectivity index (χ2n) is 6.47. The Morgan fingerprint density at radius 2 is 2.10 bits per heavy atom. The molecule has 0 fully saturated rings. The molecule has 0 saturated heterocycles. The Kier molecular flexibility index (Phi) is 8.80. The molecule has 8 nitrogen and oxygen atoms in total. The van der Waals surface area contributed by atoms with Crippen molar-refractivity contribution in [2.24, 2.45) is 5.73 Å². The Hall–Kier alpha value is -2.24. The van der Waals surface area contributed by atoms with Crippen LogP contribution in [0.2, 0.25) is 0 Å². The summed E-state index contributed by atoms with van der Waals surface area (Å²) < 4.78 is 24.0. The number of nitrogens with one attached hydrogen (secondary N) is 2. The van der Waals surface area contributed by atoms with Gasteiger partial charge in [-0.25, -0.2) is 9.18 Å². The number of primary amides is 1. The van der Waals surface area contributed by atoms with Gasteiger partial charge in [-0.05, 0) is 57.1 Å². The van der Waals surface area contributed by atoms with Crippen molar-refractivity contribution in [2.45, 2.75) is 19.4 Å². The maximum atomic E-state index is 13.9. The summed E-state index contributed by atoms with van der Waals surface area (Å²) in [5, 5.41) is 5.45. The van der Waals surface area contributed by atoms with Gasteiger partial charge < -0.3 is 20.7 Å². The SMILES string of the molecule is CN(C)CCCCNC(=O)Nc1snc(OCc2ccc(Br)cc2F)c1C(N)=O. The Morgan fingerprint density at radius 3 is 2.76 bits per heavy atom. The minimum Gasteiger partial charge on any atom is -0.471 e. The Labute approximate surface area is 180 Å². The van der Waals surface area contributed by atoms with Crippen LogP contribution in [0.3, 0.4) is 0 Å². The highest BCUT2D eigenvalue weighted by atomic mass is 79.9. The lowest BCUT2D eigenvalue weighted by molar-refractivity contribution is 0.0996. The van der Waals surface area contributed by atoms with Crippen LogP contribution in [0.1, 0.15) is 28.8 Å². The van der Waals surface area contributed by atoms with Crippen LogP contribution in [-0.4, -0.2) is 48.4 Å². The van der Waals surface area contributed by atoms with Gasteiger partial charge in [0.2, 0.25) is 5.88 Å². The number of hydrogen-bond acceptors (Lipinski definition) is 6. The maximum Gasteiger partial charge on any atom is 0.319 e. The molecule has 1 aromatic heterocycles. The van der Waals surface area contributed by atoms with Crippen molar-refractivity contribution in [2.75, 3.05) is 32.5 Å². The minimum atomic E-state index is -0.800. The monoisotopic (exact) mass is 487 g/mol. The number of nitrogens with two attached hydrogens (primary N) is 1. The van der Waals surface area contributed by atoms with Crippen molar-refractivity contribution < 1.29 is 18.7 Å². The molecular weight excluding hydrogens is 465 g/mol. The normalized spacial score (nSPS) is 10.8. The first-order valence-corrected chi connectivity index (χ1v) is 10.4. The lowest BCUT2D eigenvalue weighted by atomic mass is 10.2. The maximum absolute atomic E-state index is 13.9. The van der Waals surface area contributed by atoms with E-state index in [9.17, 15) is 14.0 Å². The number of rotatable bonds is 10. The van der Waals surface area contributed by atoms with E-state index in [1.807, 2.05) is 14.1 Å². The number of urea groups is 1. The Morgan fingerprint density at radius 1 is 1.34 bits per heavy atom. The summed E-state index contributed by atoms with van der Waals surface area (Å²) in [6, 6.07) is 4.07. The molecule has 0 aliphatic rings. The summed E-state index contributed by atoms with van der Waals surface area (Å²) in [5.74, 6) is -1.31. The molecule has 1 heterocycles. The number of nitrogens with zero attached hydrogens (tertiary/aromatic N) is 2. The number of benzene rings is 1. The lowest BCUT2D eigenvalue weighted by Gasteiger charge is -2.10. The molecule has 158 valence electrons. The van der Waals surface area contributed by atoms with Crippen molar-refractivity contribution in [3.8, 4) is 5.88 Å². The summed E-state index contributed by atoms with van der Waals surface area (Å²) in [5.41, 5.74) is 5.66. The van der Waals surface area contributed by atoms with E-state index < -0.39 is 17.8 Å². The van der Waals surface area contributed by atoms with Crippen LogP contribution in [0.25, 0.3) is 0 Å². The molecule has 11 heteroatoms. The zero-order valence-corrected chi connectivity index (χ0v) is 18.5. The molecular formula is C18H23BrFN5O3S. The first kappa shape index (κ1) is 23.0. The number of carbonyl (C=O) groups excluding carboxylic acids is 2. The van der Waals surface area contributed by atoms with Gasteiger partial charge in [-0.1, -0.05) is 22.0 Å². The molecule has 1 aromatic carbocycles. The smallest absolute Gasteiger partial charge is 0.319 e. The quantitative estimate of drug-likeness (QED) is 0.445. The molecule has 0 radical (unpaired) electrons. The third-order valence-electron chi connectivity index (χ3n) is 3.83. The van der Waals surface area contributed by atoms with Gasteiger partial charge in [0.25, 0.3) is 5.91 Å². The number of halogens is 2. The number of aromatic nitrogens is 1. The van der Waals surface area contributed by atoms with Crippen LogP contribution in [0.15, 0.2) is 22.7 Å². The summed E-state index contributed by atoms with van der Waals surface area (Å²) in [6.45, 7) is 1.29. The van der Waals surface area contributed by atoms with Gasteiger partial charge in [-0.2, -0.15) is 4.37 Å². The first-order valence-electron chi connectivity index (χ1n) is 8.83. The van der Waals surface area contributed by atoms with E-state index in [0.717, 1.165) is 30.9 Å². The minimum absolute atomic E-state index is 0.0460. The third kappa shape index (κ3) is 7.26. The molecule has 2 rings (SSSR count). The number of anilines is 1. The molecule has 0 unspecified atom stereocenters. The second kappa shape index (κ2) is 11.1. The van der Waals surface area contributed by atoms with Gasteiger partial charge in [0.1, 0.15) is 23.0 Å². The van der Waals surface area contributed by atoms with E-state index in [-0.39, 0.29) is 23.1 Å². The third-order valence-corrected chi connectivity index (χ3v) is 5.07. The van der Waals surface area contributed by atoms with Crippen LogP contribution in [-0.2, 0) is 6.61 Å². The lowest BCUT2D eigenvalue weighted by Crippen LogP contribution is -2.30. The van der Waals surface area contributed by atoms with Crippen molar-refractivity contribution in [3.05, 3.63) is 39.6 Å². The van der Waals surface area contributed by atoms with Crippen LogP contribution in [0.5, 0.6) is 5.88 Å². The Balaban J connectivity index is 1.95. The highest BCUT2D eigenvalue weighted by Gasteiger charge is 2.22. The van der Waals surface area contributed by atoms with Gasteiger partial charge in [0.15, 0.2) is 0 Å². The van der Waals surface area contributed by atoms with Crippen LogP contribution in [0, 0.1) is 5.82 Å². The van der Waals surface area contributed by atoms with E-state index in [1.54, 1.807) is 12.1 Å². The molecule has 0 spiro atoms. The molecule has 29 heavy (non-hydrogen) atoms. The number of amides is 3. The number of carbonyl (C=O) groups is 2. The van der Waals surface area contributed by atoms with E-state index in [2.05, 4.69) is 35.8 Å². The summed E-state index contributed by atoms with van der Waals surface area (Å²) in [6.07, 6.45) is 1.77. The fourth-order valence-corrected chi connectivity index (χ4v) is 3.43. The average molecular weight is 488 g/mol. The molecule has 4 N–H and O–H groups in total. The number of unbranched alkanes of at least 4 members (excludes halogenated alkanes) is 1. The molecule has 0 aliphatic carbocycles. The molecule has 2 aromatic rings. The highest BCUT2D eigenvalue weighted by Crippen LogP contribution is 2.31. The van der Waals surface area contributed by atoms with E-state index in [0.29, 0.717) is 16.6 Å². The number of ether oxygens (including phenoxy) is 1. The van der Waals surface area contributed by atoms with Crippen LogP contribution in [0.4, 0.5) is 14.2 Å². The van der Waals surface area contributed by atoms with Crippen molar-refractivity contribution in [1.82, 2.24) is 14.6 Å². The first-order chi connectivity index (χ1) is 13.8. The van der Waals surface area contributed by atoms with Crippen molar-refractivity contribution in [1.29, 1.82) is 0 Å². The van der Waals surface area contributed by atoms with Crippen LogP contribution < -0.4 is 21.1 Å². The van der Waals surface area contributed by atoms with Gasteiger partial charge in [0.05, 0.1) is 0 Å². The summed E-state index contributed by atoms with van der Waals surface area (Å²) >= 11 is 4.05. The highest BCUT2D eigenvalue weighted by molar-refractivity contribution is 9.10. The van der Waals surface area contributed by atoms with Gasteiger partial charge >= 0.3 is 6.03 Å². The van der Waals surface area contributed by atoms with E-state index in [4.69, 9.17) is 10.5 Å². The molecule has 0 bridgehead atoms. The fourth-order valence-electron chi connectivity index (χ4n) is 2.36. The van der Waals surface area contributed by atoms with Gasteiger partial charge in [-0.3, -0.25) is 10.1 Å². The zero-order chi connectivity index (χ0) is 21.4. The van der Waals surface area contributed by atoms with Gasteiger partial charge in [-0.15, -0.1) is 0 Å². The van der Waals surface area contributed by atoms with Crippen molar-refractivity contribution in [3.63, 3.8) is 0 Å². The van der Waals surface area contributed by atoms with Crippen molar-refractivity contribution >= 4 is 44.4 Å². The van der Waals surface area contributed by atoms with Gasteiger partial charge in [0, 0.05) is 16.6 Å². The predicted molar refractivity (Wildman–Crippen MR) is 114 cm³/mol. The topological polar surface area (TPSA) is 110 Å². The predicted octanol–water partition coefficient (Wildman–Crippen LogP) is 3.19. The van der Waals surface area contributed by atoms with E-state index >= 15 is 0 Å². The summed E-state index contributed by atoms with van der Waals surface area (Å²) in [4.78, 5) is 25.9. The molecule has 3 amide bonds.